The van der Waals surface area contributed by atoms with Gasteiger partial charge in [0.05, 0.1) is 22.6 Å². The Morgan fingerprint density at radius 2 is 1.83 bits per heavy atom. The molecule has 3 N–H and O–H groups in total. The van der Waals surface area contributed by atoms with E-state index in [9.17, 15) is 4.79 Å². The Bertz CT molecular complexity index is 1720. The number of carbonyl (C=O) groups is 1. The number of aryl methyl sites for hydroxylation is 1. The topological polar surface area (TPSA) is 125 Å². The molecule has 5 heterocycles. The number of fused-ring (bicyclic) bond motifs is 2. The first-order valence-electron chi connectivity index (χ1n) is 11.0. The van der Waals surface area contributed by atoms with Crippen molar-refractivity contribution in [2.45, 2.75) is 13.8 Å². The van der Waals surface area contributed by atoms with Crippen molar-refractivity contribution in [3.63, 3.8) is 0 Å². The predicted molar refractivity (Wildman–Crippen MR) is 134 cm³/mol. The minimum atomic E-state index is -0.164. The van der Waals surface area contributed by atoms with Crippen molar-refractivity contribution >= 4 is 33.8 Å². The summed E-state index contributed by atoms with van der Waals surface area (Å²) >= 11 is 0. The molecule has 35 heavy (non-hydrogen) atoms. The molecule has 0 atom stereocenters. The van der Waals surface area contributed by atoms with Gasteiger partial charge < -0.3 is 10.3 Å². The number of imidazole rings is 1. The first kappa shape index (κ1) is 20.7. The fraction of sp³-hybridized carbons (Fsp3) is 0.0769. The van der Waals surface area contributed by atoms with Crippen LogP contribution >= 0.6 is 0 Å². The van der Waals surface area contributed by atoms with E-state index in [0.717, 1.165) is 44.4 Å². The highest BCUT2D eigenvalue weighted by Crippen LogP contribution is 2.32. The summed E-state index contributed by atoms with van der Waals surface area (Å²) in [6.07, 6.45) is 7.06. The van der Waals surface area contributed by atoms with Crippen LogP contribution in [-0.2, 0) is 4.79 Å². The molecule has 0 unspecified atom stereocenters. The highest BCUT2D eigenvalue weighted by atomic mass is 16.1. The average Bonchev–Trinajstić information content (AvgIpc) is 3.47. The smallest absolute Gasteiger partial charge is 0.222 e. The van der Waals surface area contributed by atoms with Crippen LogP contribution in [0.5, 0.6) is 0 Å². The summed E-state index contributed by atoms with van der Waals surface area (Å²) < 4.78 is 0. The van der Waals surface area contributed by atoms with E-state index in [4.69, 9.17) is 4.98 Å². The summed E-state index contributed by atoms with van der Waals surface area (Å²) in [6.45, 7) is 3.52. The van der Waals surface area contributed by atoms with Crippen molar-refractivity contribution in [1.82, 2.24) is 35.1 Å². The van der Waals surface area contributed by atoms with Crippen molar-refractivity contribution in [2.24, 2.45) is 0 Å². The van der Waals surface area contributed by atoms with Gasteiger partial charge in [-0.25, -0.2) is 15.0 Å². The fourth-order valence-electron chi connectivity index (χ4n) is 4.13. The monoisotopic (exact) mass is 460 g/mol. The van der Waals surface area contributed by atoms with Crippen molar-refractivity contribution in [2.75, 3.05) is 5.32 Å². The van der Waals surface area contributed by atoms with E-state index in [1.807, 2.05) is 24.4 Å². The number of rotatable bonds is 4. The number of H-pyrrole nitrogens is 2. The van der Waals surface area contributed by atoms with Crippen LogP contribution < -0.4 is 5.32 Å². The Hall–Kier alpha value is -4.92. The maximum Gasteiger partial charge on any atom is 0.222 e. The lowest BCUT2D eigenvalue weighted by molar-refractivity contribution is -0.114. The minimum Gasteiger partial charge on any atom is -0.335 e. The second-order valence-electron chi connectivity index (χ2n) is 8.35. The van der Waals surface area contributed by atoms with Crippen LogP contribution in [0.4, 0.5) is 5.82 Å². The number of aromatic nitrogens is 7. The van der Waals surface area contributed by atoms with Gasteiger partial charge in [0.25, 0.3) is 0 Å². The van der Waals surface area contributed by atoms with Crippen LogP contribution in [0.1, 0.15) is 12.5 Å². The van der Waals surface area contributed by atoms with Crippen LogP contribution in [0.2, 0.25) is 0 Å². The molecule has 0 radical (unpaired) electrons. The van der Waals surface area contributed by atoms with Gasteiger partial charge in [0, 0.05) is 42.2 Å². The van der Waals surface area contributed by atoms with Crippen LogP contribution in [0, 0.1) is 6.92 Å². The van der Waals surface area contributed by atoms with Gasteiger partial charge in [-0.15, -0.1) is 0 Å². The number of carbonyl (C=O) groups excluding carboxylic acids is 1. The Kier molecular flexibility index (Phi) is 4.81. The van der Waals surface area contributed by atoms with Gasteiger partial charge in [0.1, 0.15) is 11.5 Å². The van der Waals surface area contributed by atoms with E-state index < -0.39 is 0 Å². The Balaban J connectivity index is 1.43. The van der Waals surface area contributed by atoms with Gasteiger partial charge in [-0.3, -0.25) is 14.9 Å². The van der Waals surface area contributed by atoms with Crippen molar-refractivity contribution in [1.29, 1.82) is 0 Å². The summed E-state index contributed by atoms with van der Waals surface area (Å²) in [4.78, 5) is 32.8. The second-order valence-corrected chi connectivity index (χ2v) is 8.35. The third-order valence-corrected chi connectivity index (χ3v) is 5.77. The number of benzene rings is 1. The van der Waals surface area contributed by atoms with Crippen LogP contribution in [0.15, 0.2) is 67.3 Å². The highest BCUT2D eigenvalue weighted by molar-refractivity contribution is 5.97. The number of aromatic amines is 2. The highest BCUT2D eigenvalue weighted by Gasteiger charge is 2.16. The molecular weight excluding hydrogens is 440 g/mol. The van der Waals surface area contributed by atoms with E-state index in [2.05, 4.69) is 60.6 Å². The molecule has 1 amide bonds. The van der Waals surface area contributed by atoms with Gasteiger partial charge in [0.2, 0.25) is 5.91 Å². The molecule has 1 aromatic carbocycles. The molecule has 0 bridgehead atoms. The van der Waals surface area contributed by atoms with E-state index in [-0.39, 0.29) is 5.91 Å². The molecule has 6 aromatic rings. The number of amides is 1. The molecular formula is C26H20N8O. The molecule has 0 spiro atoms. The summed E-state index contributed by atoms with van der Waals surface area (Å²) in [5.74, 6) is 0.991. The van der Waals surface area contributed by atoms with Crippen LogP contribution in [0.3, 0.4) is 0 Å². The maximum absolute atomic E-state index is 11.3. The van der Waals surface area contributed by atoms with Crippen molar-refractivity contribution < 1.29 is 4.79 Å². The number of nitrogens with one attached hydrogen (secondary N) is 3. The van der Waals surface area contributed by atoms with E-state index >= 15 is 0 Å². The Morgan fingerprint density at radius 3 is 2.63 bits per heavy atom. The largest absolute Gasteiger partial charge is 0.335 e. The van der Waals surface area contributed by atoms with Gasteiger partial charge in [-0.1, -0.05) is 29.8 Å². The summed E-state index contributed by atoms with van der Waals surface area (Å²) in [7, 11) is 0. The molecule has 6 rings (SSSR count). The van der Waals surface area contributed by atoms with Gasteiger partial charge in [-0.05, 0) is 30.7 Å². The number of hydrogen-bond acceptors (Lipinski definition) is 6. The number of anilines is 1. The maximum atomic E-state index is 11.3. The normalized spacial score (nSPS) is 11.3. The van der Waals surface area contributed by atoms with E-state index in [1.54, 1.807) is 24.7 Å². The van der Waals surface area contributed by atoms with Crippen LogP contribution in [-0.4, -0.2) is 41.0 Å². The zero-order valence-corrected chi connectivity index (χ0v) is 19.0. The molecule has 5 aromatic heterocycles. The first-order chi connectivity index (χ1) is 17.0. The third-order valence-electron chi connectivity index (χ3n) is 5.77. The van der Waals surface area contributed by atoms with Crippen molar-refractivity contribution in [3.05, 3.63) is 72.8 Å². The number of hydrogen-bond donors (Lipinski definition) is 3. The summed E-state index contributed by atoms with van der Waals surface area (Å²) in [6, 6.07) is 13.9. The lowest BCUT2D eigenvalue weighted by Gasteiger charge is -2.04. The van der Waals surface area contributed by atoms with E-state index in [0.29, 0.717) is 17.3 Å². The first-order valence-corrected chi connectivity index (χ1v) is 11.0. The second kappa shape index (κ2) is 8.14. The molecule has 0 fully saturated rings. The number of nitrogens with zero attached hydrogens (tertiary/aromatic N) is 5. The Morgan fingerprint density at radius 1 is 0.943 bits per heavy atom. The molecule has 0 saturated carbocycles. The molecule has 9 heteroatoms. The molecule has 0 aliphatic rings. The lowest BCUT2D eigenvalue weighted by atomic mass is 10.0. The molecule has 0 saturated heterocycles. The Labute approximate surface area is 199 Å². The third kappa shape index (κ3) is 3.78. The number of pyridine rings is 3. The van der Waals surface area contributed by atoms with Gasteiger partial charge in [0.15, 0.2) is 11.5 Å². The lowest BCUT2D eigenvalue weighted by Crippen LogP contribution is -2.06. The standard InChI is InChI=1S/C26H20N8O/c1-14-4-3-5-16(8-14)20-12-27-13-21-23(20)32-26(31-21)24-19-9-18(11-29-25(19)34-33-24)17-6-7-22(28-10-17)30-15(2)35/h3-13H,1-2H3,(H,31,32)(H,28,30,35)(H,29,33,34). The predicted octanol–water partition coefficient (Wildman–Crippen LogP) is 4.89. The SMILES string of the molecule is CC(=O)Nc1ccc(-c2cnc3n[nH]c(-c4nc5c(-c6cccc(C)c6)cncc5[nH]4)c3c2)cn1. The summed E-state index contributed by atoms with van der Waals surface area (Å²) in [5.41, 5.74) is 7.95. The fourth-order valence-corrected chi connectivity index (χ4v) is 4.13. The van der Waals surface area contributed by atoms with E-state index in [1.165, 1.54) is 12.5 Å². The van der Waals surface area contributed by atoms with Crippen molar-refractivity contribution in [3.8, 4) is 33.8 Å². The zero-order valence-electron chi connectivity index (χ0n) is 19.0. The molecule has 170 valence electrons. The van der Waals surface area contributed by atoms with Crippen LogP contribution in [0.25, 0.3) is 55.8 Å². The molecule has 9 nitrogen and oxygen atoms in total. The summed E-state index contributed by atoms with van der Waals surface area (Å²) in [5, 5.41) is 10.9. The van der Waals surface area contributed by atoms with Gasteiger partial charge in [-0.2, -0.15) is 5.10 Å². The zero-order chi connectivity index (χ0) is 23.9. The molecule has 0 aliphatic carbocycles. The van der Waals surface area contributed by atoms with Gasteiger partial charge >= 0.3 is 0 Å². The minimum absolute atomic E-state index is 0.164. The average molecular weight is 461 g/mol. The molecule has 0 aliphatic heterocycles. The quantitative estimate of drug-likeness (QED) is 0.344.